The van der Waals surface area contributed by atoms with Crippen LogP contribution in [0, 0.1) is 13.8 Å². The molecule has 0 saturated carbocycles. The minimum Gasteiger partial charge on any atom is -0.325 e. The molecule has 2 heterocycles. The molecule has 0 bridgehead atoms. The maximum absolute atomic E-state index is 12.9. The number of benzene rings is 2. The lowest BCUT2D eigenvalue weighted by atomic mass is 10.1. The Kier molecular flexibility index (Phi) is 6.51. The molecule has 4 rings (SSSR count). The second-order valence-electron chi connectivity index (χ2n) is 7.83. The normalized spacial score (nSPS) is 14.9. The number of aryl methyl sites for hydroxylation is 2. The molecular weight excluding hydrogens is 434 g/mol. The van der Waals surface area contributed by atoms with Crippen LogP contribution in [0.4, 0.5) is 10.5 Å². The van der Waals surface area contributed by atoms with E-state index < -0.39 is 17.1 Å². The summed E-state index contributed by atoms with van der Waals surface area (Å²) in [5.41, 5.74) is 5.86. The van der Waals surface area contributed by atoms with Gasteiger partial charge in [-0.3, -0.25) is 19.3 Å². The van der Waals surface area contributed by atoms with E-state index in [9.17, 15) is 14.4 Å². The summed E-state index contributed by atoms with van der Waals surface area (Å²) in [6, 6.07) is 19.2. The largest absolute Gasteiger partial charge is 0.325 e. The molecule has 1 fully saturated rings. The Morgan fingerprint density at radius 2 is 1.73 bits per heavy atom. The number of thioether (sulfide) groups is 1. The Bertz CT molecular complexity index is 1260. The molecule has 6 nitrogen and oxygen atoms in total. The van der Waals surface area contributed by atoms with Gasteiger partial charge in [0.05, 0.1) is 4.91 Å². The van der Waals surface area contributed by atoms with Gasteiger partial charge in [-0.05, 0) is 73.5 Å². The third kappa shape index (κ3) is 4.64. The molecule has 0 unspecified atom stereocenters. The van der Waals surface area contributed by atoms with Crippen LogP contribution in [-0.2, 0) is 16.0 Å². The predicted molar refractivity (Wildman–Crippen MR) is 132 cm³/mol. The second-order valence-corrected chi connectivity index (χ2v) is 8.82. The first kappa shape index (κ1) is 22.6. The van der Waals surface area contributed by atoms with E-state index >= 15 is 0 Å². The van der Waals surface area contributed by atoms with Gasteiger partial charge in [-0.15, -0.1) is 0 Å². The number of aromatic nitrogens is 1. The highest BCUT2D eigenvalue weighted by molar-refractivity contribution is 8.18. The van der Waals surface area contributed by atoms with Gasteiger partial charge in [-0.25, -0.2) is 0 Å². The third-order valence-electron chi connectivity index (χ3n) is 5.60. The number of imide groups is 1. The summed E-state index contributed by atoms with van der Waals surface area (Å²) in [6.45, 7) is 5.83. The molecule has 3 aromatic rings. The topological polar surface area (TPSA) is 71.4 Å². The quantitative estimate of drug-likeness (QED) is 0.506. The van der Waals surface area contributed by atoms with Gasteiger partial charge in [0.25, 0.3) is 11.1 Å². The standard InChI is InChI=1S/C26H25N3O3S/c1-4-19-10-8-9-13-22(19)29-17(2)14-20(18(29)3)15-23-25(31)28(26(32)33-23)16-24(30)27-21-11-6-5-7-12-21/h5-15H,4,16H2,1-3H3,(H,27,30)/b23-15-. The first-order valence-electron chi connectivity index (χ1n) is 10.8. The highest BCUT2D eigenvalue weighted by Gasteiger charge is 2.36. The number of hydrogen-bond donors (Lipinski definition) is 1. The summed E-state index contributed by atoms with van der Waals surface area (Å²) < 4.78 is 2.17. The Balaban J connectivity index is 1.56. The fourth-order valence-corrected chi connectivity index (χ4v) is 4.80. The summed E-state index contributed by atoms with van der Waals surface area (Å²) in [5, 5.41) is 2.26. The van der Waals surface area contributed by atoms with E-state index in [4.69, 9.17) is 0 Å². The van der Waals surface area contributed by atoms with Crippen molar-refractivity contribution < 1.29 is 14.4 Å². The molecule has 2 aromatic carbocycles. The van der Waals surface area contributed by atoms with Gasteiger partial charge in [0.1, 0.15) is 6.54 Å². The monoisotopic (exact) mass is 459 g/mol. The van der Waals surface area contributed by atoms with Gasteiger partial charge < -0.3 is 9.88 Å². The number of nitrogens with zero attached hydrogens (tertiary/aromatic N) is 2. The van der Waals surface area contributed by atoms with Crippen molar-refractivity contribution in [2.75, 3.05) is 11.9 Å². The first-order valence-corrected chi connectivity index (χ1v) is 11.6. The fraction of sp³-hybridized carbons (Fsp3) is 0.192. The molecule has 7 heteroatoms. The zero-order chi connectivity index (χ0) is 23.5. The number of para-hydroxylation sites is 2. The average molecular weight is 460 g/mol. The van der Waals surface area contributed by atoms with E-state index in [1.807, 2.05) is 38.1 Å². The van der Waals surface area contributed by atoms with Crippen molar-refractivity contribution in [2.45, 2.75) is 27.2 Å². The maximum atomic E-state index is 12.9. The molecule has 33 heavy (non-hydrogen) atoms. The Hall–Kier alpha value is -3.58. The van der Waals surface area contributed by atoms with Crippen LogP contribution in [0.5, 0.6) is 0 Å². The van der Waals surface area contributed by atoms with Crippen molar-refractivity contribution in [2.24, 2.45) is 0 Å². The molecule has 0 atom stereocenters. The van der Waals surface area contributed by atoms with Crippen molar-refractivity contribution >= 4 is 40.6 Å². The van der Waals surface area contributed by atoms with Crippen LogP contribution in [0.25, 0.3) is 11.8 Å². The van der Waals surface area contributed by atoms with E-state index in [1.54, 1.807) is 30.3 Å². The lowest BCUT2D eigenvalue weighted by molar-refractivity contribution is -0.127. The molecular formula is C26H25N3O3S. The number of hydrogen-bond acceptors (Lipinski definition) is 4. The minimum absolute atomic E-state index is 0.316. The molecule has 1 aliphatic heterocycles. The van der Waals surface area contributed by atoms with Crippen LogP contribution in [0.3, 0.4) is 0 Å². The van der Waals surface area contributed by atoms with E-state index in [2.05, 4.69) is 28.9 Å². The molecule has 168 valence electrons. The Labute approximate surface area is 197 Å². The summed E-state index contributed by atoms with van der Waals surface area (Å²) in [5.74, 6) is -0.869. The lowest BCUT2D eigenvalue weighted by Gasteiger charge is -2.14. The molecule has 3 amide bonds. The van der Waals surface area contributed by atoms with Crippen LogP contribution in [0.2, 0.25) is 0 Å². The van der Waals surface area contributed by atoms with Gasteiger partial charge in [0, 0.05) is 22.8 Å². The summed E-state index contributed by atoms with van der Waals surface area (Å²) >= 11 is 0.861. The molecule has 0 aliphatic carbocycles. The number of carbonyl (C=O) groups is 3. The van der Waals surface area contributed by atoms with Gasteiger partial charge in [-0.2, -0.15) is 0 Å². The summed E-state index contributed by atoms with van der Waals surface area (Å²) in [6.07, 6.45) is 2.65. The average Bonchev–Trinajstić information content (AvgIpc) is 3.23. The second kappa shape index (κ2) is 9.50. The maximum Gasteiger partial charge on any atom is 0.294 e. The van der Waals surface area contributed by atoms with Crippen LogP contribution in [0.15, 0.2) is 65.6 Å². The molecule has 0 radical (unpaired) electrons. The van der Waals surface area contributed by atoms with Gasteiger partial charge >= 0.3 is 0 Å². The van der Waals surface area contributed by atoms with Crippen molar-refractivity contribution in [3.8, 4) is 5.69 Å². The Morgan fingerprint density at radius 1 is 1.03 bits per heavy atom. The van der Waals surface area contributed by atoms with E-state index in [-0.39, 0.29) is 6.54 Å². The van der Waals surface area contributed by atoms with Gasteiger partial charge in [-0.1, -0.05) is 43.3 Å². The minimum atomic E-state index is -0.452. The zero-order valence-electron chi connectivity index (χ0n) is 18.8. The van der Waals surface area contributed by atoms with Gasteiger partial charge in [0.15, 0.2) is 0 Å². The number of carbonyl (C=O) groups excluding carboxylic acids is 3. The Morgan fingerprint density at radius 3 is 2.45 bits per heavy atom. The van der Waals surface area contributed by atoms with Crippen molar-refractivity contribution in [1.82, 2.24) is 9.47 Å². The zero-order valence-corrected chi connectivity index (χ0v) is 19.6. The highest BCUT2D eigenvalue weighted by Crippen LogP contribution is 2.34. The summed E-state index contributed by atoms with van der Waals surface area (Å²) in [7, 11) is 0. The van der Waals surface area contributed by atoms with Crippen molar-refractivity contribution in [3.05, 3.63) is 88.1 Å². The first-order chi connectivity index (χ1) is 15.9. The van der Waals surface area contributed by atoms with Crippen molar-refractivity contribution in [3.63, 3.8) is 0 Å². The van der Waals surface area contributed by atoms with Crippen LogP contribution in [0.1, 0.15) is 29.4 Å². The van der Waals surface area contributed by atoms with Gasteiger partial charge in [0.2, 0.25) is 5.91 Å². The number of nitrogens with one attached hydrogen (secondary N) is 1. The molecule has 1 N–H and O–H groups in total. The molecule has 1 aliphatic rings. The fourth-order valence-electron chi connectivity index (χ4n) is 3.98. The molecule has 1 saturated heterocycles. The van der Waals surface area contributed by atoms with Crippen molar-refractivity contribution in [1.29, 1.82) is 0 Å². The third-order valence-corrected chi connectivity index (χ3v) is 6.51. The number of anilines is 1. The van der Waals surface area contributed by atoms with Crippen LogP contribution < -0.4 is 5.32 Å². The number of rotatable bonds is 6. The van der Waals surface area contributed by atoms with Crippen LogP contribution in [-0.4, -0.2) is 33.1 Å². The predicted octanol–water partition coefficient (Wildman–Crippen LogP) is 5.33. The smallest absolute Gasteiger partial charge is 0.294 e. The van der Waals surface area contributed by atoms with E-state index in [1.165, 1.54) is 5.56 Å². The van der Waals surface area contributed by atoms with E-state index in [0.29, 0.717) is 10.6 Å². The molecule has 1 aromatic heterocycles. The van der Waals surface area contributed by atoms with Crippen LogP contribution >= 0.6 is 11.8 Å². The highest BCUT2D eigenvalue weighted by atomic mass is 32.2. The number of amides is 3. The summed E-state index contributed by atoms with van der Waals surface area (Å²) in [4.78, 5) is 39.0. The molecule has 0 spiro atoms. The lowest BCUT2D eigenvalue weighted by Crippen LogP contribution is -2.36. The SMILES string of the molecule is CCc1ccccc1-n1c(C)cc(/C=C2\SC(=O)N(CC(=O)Nc3ccccc3)C2=O)c1C. The van der Waals surface area contributed by atoms with E-state index in [0.717, 1.165) is 45.7 Å².